The Balaban J connectivity index is 1.64. The summed E-state index contributed by atoms with van der Waals surface area (Å²) >= 11 is 3.57. The highest BCUT2D eigenvalue weighted by Crippen LogP contribution is 2.38. The highest BCUT2D eigenvalue weighted by molar-refractivity contribution is 9.10. The Morgan fingerprint density at radius 1 is 1.03 bits per heavy atom. The Morgan fingerprint density at radius 2 is 1.84 bits per heavy atom. The number of carbonyl (C=O) groups is 1. The smallest absolute Gasteiger partial charge is 0.363 e. The van der Waals surface area contributed by atoms with Crippen LogP contribution in [0, 0.1) is 0 Å². The fourth-order valence-electron chi connectivity index (χ4n) is 3.41. The number of esters is 1. The van der Waals surface area contributed by atoms with Gasteiger partial charge in [0.25, 0.3) is 0 Å². The average Bonchev–Trinajstić information content (AvgIpc) is 3.15. The maximum Gasteiger partial charge on any atom is 0.363 e. The molecule has 0 unspecified atom stereocenters. The van der Waals surface area contributed by atoms with E-state index < -0.39 is 5.97 Å². The second kappa shape index (κ2) is 10.0. The summed E-state index contributed by atoms with van der Waals surface area (Å²) in [5.41, 5.74) is 1.76. The molecule has 0 aliphatic carbocycles. The SMILES string of the molecule is CCCCOc1c(Br)cc(/C=C2\N=C(c3ccc4ccccc4c3)OC2=O)cc1OCC. The predicted molar refractivity (Wildman–Crippen MR) is 130 cm³/mol. The first-order valence-electron chi connectivity index (χ1n) is 10.7. The summed E-state index contributed by atoms with van der Waals surface area (Å²) in [5, 5.41) is 2.18. The lowest BCUT2D eigenvalue weighted by Crippen LogP contribution is -2.05. The van der Waals surface area contributed by atoms with E-state index in [0.29, 0.717) is 30.6 Å². The van der Waals surface area contributed by atoms with Crippen LogP contribution >= 0.6 is 15.9 Å². The first-order valence-corrected chi connectivity index (χ1v) is 11.5. The van der Waals surface area contributed by atoms with Crippen molar-refractivity contribution in [3.63, 3.8) is 0 Å². The monoisotopic (exact) mass is 493 g/mol. The average molecular weight is 494 g/mol. The van der Waals surface area contributed by atoms with Crippen molar-refractivity contribution < 1.29 is 19.0 Å². The van der Waals surface area contributed by atoms with Crippen molar-refractivity contribution in [1.29, 1.82) is 0 Å². The second-order valence-electron chi connectivity index (χ2n) is 7.36. The molecule has 0 amide bonds. The molecule has 0 atom stereocenters. The molecule has 0 saturated carbocycles. The van der Waals surface area contributed by atoms with E-state index in [1.165, 1.54) is 0 Å². The molecule has 6 heteroatoms. The van der Waals surface area contributed by atoms with Crippen LogP contribution in [0.1, 0.15) is 37.8 Å². The van der Waals surface area contributed by atoms with Crippen LogP contribution in [0.2, 0.25) is 0 Å². The summed E-state index contributed by atoms with van der Waals surface area (Å²) in [6, 6.07) is 17.6. The van der Waals surface area contributed by atoms with Gasteiger partial charge >= 0.3 is 5.97 Å². The van der Waals surface area contributed by atoms with Gasteiger partial charge in [0, 0.05) is 5.56 Å². The van der Waals surface area contributed by atoms with Crippen LogP contribution in [0.25, 0.3) is 16.8 Å². The molecule has 0 bridgehead atoms. The molecule has 1 aliphatic rings. The fourth-order valence-corrected chi connectivity index (χ4v) is 3.98. The van der Waals surface area contributed by atoms with Gasteiger partial charge in [0.2, 0.25) is 5.90 Å². The number of fused-ring (bicyclic) bond motifs is 1. The van der Waals surface area contributed by atoms with Crippen LogP contribution in [0.4, 0.5) is 0 Å². The lowest BCUT2D eigenvalue weighted by atomic mass is 10.1. The predicted octanol–water partition coefficient (Wildman–Crippen LogP) is 6.52. The summed E-state index contributed by atoms with van der Waals surface area (Å²) in [7, 11) is 0. The van der Waals surface area contributed by atoms with E-state index in [1.807, 2.05) is 61.5 Å². The molecule has 3 aromatic carbocycles. The normalized spacial score (nSPS) is 14.5. The molecule has 164 valence electrons. The van der Waals surface area contributed by atoms with E-state index in [4.69, 9.17) is 14.2 Å². The van der Waals surface area contributed by atoms with Crippen molar-refractivity contribution in [2.24, 2.45) is 4.99 Å². The summed E-state index contributed by atoms with van der Waals surface area (Å²) in [6.07, 6.45) is 3.70. The molecule has 0 spiro atoms. The fraction of sp³-hybridized carbons (Fsp3) is 0.231. The minimum Gasteiger partial charge on any atom is -0.490 e. The lowest BCUT2D eigenvalue weighted by Gasteiger charge is -2.14. The van der Waals surface area contributed by atoms with Crippen molar-refractivity contribution in [2.75, 3.05) is 13.2 Å². The number of carbonyl (C=O) groups excluding carboxylic acids is 1. The number of aliphatic imine (C=N–C) groups is 1. The first-order chi connectivity index (χ1) is 15.6. The molecule has 32 heavy (non-hydrogen) atoms. The van der Waals surface area contributed by atoms with Gasteiger partial charge in [-0.25, -0.2) is 9.79 Å². The number of hydrogen-bond donors (Lipinski definition) is 0. The minimum absolute atomic E-state index is 0.238. The van der Waals surface area contributed by atoms with Crippen molar-refractivity contribution >= 4 is 44.6 Å². The molecule has 5 nitrogen and oxygen atoms in total. The highest BCUT2D eigenvalue weighted by Gasteiger charge is 2.24. The lowest BCUT2D eigenvalue weighted by molar-refractivity contribution is -0.129. The number of benzene rings is 3. The number of ether oxygens (including phenoxy) is 3. The Morgan fingerprint density at radius 3 is 2.62 bits per heavy atom. The third-order valence-corrected chi connectivity index (χ3v) is 5.59. The summed E-state index contributed by atoms with van der Waals surface area (Å²) in [4.78, 5) is 16.9. The maximum atomic E-state index is 12.5. The highest BCUT2D eigenvalue weighted by atomic mass is 79.9. The van der Waals surface area contributed by atoms with Crippen LogP contribution in [-0.4, -0.2) is 25.1 Å². The summed E-state index contributed by atoms with van der Waals surface area (Å²) in [6.45, 7) is 5.15. The molecule has 0 saturated heterocycles. The van der Waals surface area contributed by atoms with Gasteiger partial charge in [0.05, 0.1) is 17.7 Å². The van der Waals surface area contributed by atoms with Crippen LogP contribution in [-0.2, 0) is 9.53 Å². The van der Waals surface area contributed by atoms with Gasteiger partial charge in [-0.15, -0.1) is 0 Å². The summed E-state index contributed by atoms with van der Waals surface area (Å²) < 4.78 is 17.9. The van der Waals surface area contributed by atoms with Gasteiger partial charge in [-0.3, -0.25) is 0 Å². The zero-order chi connectivity index (χ0) is 22.5. The molecule has 3 aromatic rings. The maximum absolute atomic E-state index is 12.5. The molecule has 0 aromatic heterocycles. The molecular formula is C26H24BrNO4. The standard InChI is InChI=1S/C26H24BrNO4/c1-3-5-12-31-24-21(27)13-17(15-23(24)30-4-2)14-22-26(29)32-25(28-22)20-11-10-18-8-6-7-9-19(18)16-20/h6-11,13-16H,3-5,12H2,1-2H3/b22-14-. The third-order valence-electron chi connectivity index (χ3n) is 5.00. The van der Waals surface area contributed by atoms with Crippen molar-refractivity contribution in [2.45, 2.75) is 26.7 Å². The Hall–Kier alpha value is -3.12. The molecule has 0 radical (unpaired) electrons. The Labute approximate surface area is 195 Å². The van der Waals surface area contributed by atoms with Crippen LogP contribution < -0.4 is 9.47 Å². The first kappa shape index (κ1) is 22.1. The van der Waals surface area contributed by atoms with E-state index in [2.05, 4.69) is 27.8 Å². The zero-order valence-electron chi connectivity index (χ0n) is 18.1. The Kier molecular flexibility index (Phi) is 6.90. The molecule has 0 fully saturated rings. The number of cyclic esters (lactones) is 1. The molecule has 4 rings (SSSR count). The van der Waals surface area contributed by atoms with E-state index in [0.717, 1.165) is 39.2 Å². The van der Waals surface area contributed by atoms with Crippen LogP contribution in [0.15, 0.2) is 69.8 Å². The van der Waals surface area contributed by atoms with Crippen LogP contribution in [0.3, 0.4) is 0 Å². The van der Waals surface area contributed by atoms with Crippen molar-refractivity contribution in [1.82, 2.24) is 0 Å². The van der Waals surface area contributed by atoms with Gasteiger partial charge in [0.15, 0.2) is 17.2 Å². The quantitative estimate of drug-likeness (QED) is 0.203. The minimum atomic E-state index is -0.481. The molecule has 1 heterocycles. The van der Waals surface area contributed by atoms with Gasteiger partial charge < -0.3 is 14.2 Å². The number of unbranched alkanes of at least 4 members (excludes halogenated alkanes) is 1. The van der Waals surface area contributed by atoms with Gasteiger partial charge in [-0.05, 0) is 76.0 Å². The molecule has 1 aliphatic heterocycles. The number of halogens is 1. The molecular weight excluding hydrogens is 470 g/mol. The van der Waals surface area contributed by atoms with Gasteiger partial charge in [-0.2, -0.15) is 0 Å². The van der Waals surface area contributed by atoms with E-state index >= 15 is 0 Å². The summed E-state index contributed by atoms with van der Waals surface area (Å²) in [5.74, 6) is 1.10. The third kappa shape index (κ3) is 4.86. The van der Waals surface area contributed by atoms with Gasteiger partial charge in [-0.1, -0.05) is 43.7 Å². The van der Waals surface area contributed by atoms with Crippen LogP contribution in [0.5, 0.6) is 11.5 Å². The van der Waals surface area contributed by atoms with Crippen molar-refractivity contribution in [3.05, 3.63) is 75.9 Å². The Bertz CT molecular complexity index is 1220. The van der Waals surface area contributed by atoms with E-state index in [9.17, 15) is 4.79 Å². The topological polar surface area (TPSA) is 57.1 Å². The van der Waals surface area contributed by atoms with E-state index in [-0.39, 0.29) is 5.70 Å². The zero-order valence-corrected chi connectivity index (χ0v) is 19.6. The molecule has 0 N–H and O–H groups in total. The van der Waals surface area contributed by atoms with Crippen molar-refractivity contribution in [3.8, 4) is 11.5 Å². The number of hydrogen-bond acceptors (Lipinski definition) is 5. The van der Waals surface area contributed by atoms with E-state index in [1.54, 1.807) is 6.08 Å². The largest absolute Gasteiger partial charge is 0.490 e. The number of rotatable bonds is 8. The second-order valence-corrected chi connectivity index (χ2v) is 8.22. The number of nitrogens with zero attached hydrogens (tertiary/aromatic N) is 1. The van der Waals surface area contributed by atoms with Gasteiger partial charge in [0.1, 0.15) is 0 Å².